The van der Waals surface area contributed by atoms with Gasteiger partial charge in [-0.3, -0.25) is 4.55 Å². The quantitative estimate of drug-likeness (QED) is 0.460. The Hall–Kier alpha value is -2.77. The Labute approximate surface area is 157 Å². The lowest BCUT2D eigenvalue weighted by atomic mass is 9.87. The van der Waals surface area contributed by atoms with Crippen LogP contribution in [0.1, 0.15) is 26.3 Å². The maximum absolute atomic E-state index is 11.3. The molecule has 3 rings (SSSR count). The van der Waals surface area contributed by atoms with Gasteiger partial charge in [-0.15, -0.1) is 5.11 Å². The van der Waals surface area contributed by atoms with Gasteiger partial charge < -0.3 is 5.11 Å². The van der Waals surface area contributed by atoms with Crippen molar-refractivity contribution in [2.75, 3.05) is 0 Å². The Bertz CT molecular complexity index is 1130. The Balaban J connectivity index is 2.01. The van der Waals surface area contributed by atoms with Gasteiger partial charge in [-0.2, -0.15) is 13.5 Å². The van der Waals surface area contributed by atoms with E-state index in [-0.39, 0.29) is 21.7 Å². The van der Waals surface area contributed by atoms with Gasteiger partial charge in [-0.1, -0.05) is 45.0 Å². The van der Waals surface area contributed by atoms with Gasteiger partial charge in [0.15, 0.2) is 0 Å². The molecule has 0 aliphatic heterocycles. The summed E-state index contributed by atoms with van der Waals surface area (Å²) in [6.07, 6.45) is 0. The molecule has 0 heterocycles. The summed E-state index contributed by atoms with van der Waals surface area (Å²) >= 11 is 0. The van der Waals surface area contributed by atoms with Crippen molar-refractivity contribution in [2.24, 2.45) is 10.2 Å². The maximum Gasteiger partial charge on any atom is 0.294 e. The van der Waals surface area contributed by atoms with Crippen molar-refractivity contribution < 1.29 is 18.1 Å². The second-order valence-electron chi connectivity index (χ2n) is 7.29. The molecule has 0 fully saturated rings. The van der Waals surface area contributed by atoms with E-state index in [4.69, 9.17) is 0 Å². The number of hydrogen-bond donors (Lipinski definition) is 2. The lowest BCUT2D eigenvalue weighted by molar-refractivity contribution is 0.477. The van der Waals surface area contributed by atoms with Crippen LogP contribution >= 0.6 is 0 Å². The number of aromatic hydroxyl groups is 1. The number of azo groups is 1. The molecule has 6 nitrogen and oxygen atoms in total. The highest BCUT2D eigenvalue weighted by atomic mass is 32.2. The molecule has 2 N–H and O–H groups in total. The molecule has 0 radical (unpaired) electrons. The van der Waals surface area contributed by atoms with Gasteiger partial charge in [-0.25, -0.2) is 0 Å². The number of fused-ring (bicyclic) bond motifs is 1. The van der Waals surface area contributed by atoms with Gasteiger partial charge in [0.1, 0.15) is 11.4 Å². The van der Waals surface area contributed by atoms with Crippen molar-refractivity contribution in [3.63, 3.8) is 0 Å². The highest BCUT2D eigenvalue weighted by Crippen LogP contribution is 2.37. The number of phenols is 1. The molecule has 0 unspecified atom stereocenters. The zero-order chi connectivity index (χ0) is 19.8. The van der Waals surface area contributed by atoms with Crippen LogP contribution in [-0.2, 0) is 15.5 Å². The summed E-state index contributed by atoms with van der Waals surface area (Å²) in [6, 6.07) is 14.7. The molecule has 0 aromatic heterocycles. The largest absolute Gasteiger partial charge is 0.506 e. The normalized spacial score (nSPS) is 12.7. The minimum atomic E-state index is -4.31. The number of phenolic OH excluding ortho intramolecular Hbond substituents is 1. The molecule has 0 bridgehead atoms. The lowest BCUT2D eigenvalue weighted by Crippen LogP contribution is -2.10. The van der Waals surface area contributed by atoms with E-state index in [1.807, 2.05) is 24.3 Å². The fraction of sp³-hybridized carbons (Fsp3) is 0.200. The van der Waals surface area contributed by atoms with Gasteiger partial charge >= 0.3 is 0 Å². The first-order valence-corrected chi connectivity index (χ1v) is 9.75. The Morgan fingerprint density at radius 1 is 0.889 bits per heavy atom. The van der Waals surface area contributed by atoms with E-state index < -0.39 is 10.1 Å². The number of rotatable bonds is 3. The van der Waals surface area contributed by atoms with Crippen molar-refractivity contribution in [2.45, 2.75) is 31.1 Å². The van der Waals surface area contributed by atoms with Crippen LogP contribution < -0.4 is 0 Å². The molecule has 0 spiro atoms. The van der Waals surface area contributed by atoms with E-state index in [2.05, 4.69) is 31.0 Å². The molecule has 140 valence electrons. The average molecular weight is 384 g/mol. The molecule has 0 saturated carbocycles. The van der Waals surface area contributed by atoms with Crippen LogP contribution in [0.3, 0.4) is 0 Å². The first-order valence-electron chi connectivity index (χ1n) is 8.31. The van der Waals surface area contributed by atoms with Crippen molar-refractivity contribution in [3.8, 4) is 5.75 Å². The third kappa shape index (κ3) is 4.15. The van der Waals surface area contributed by atoms with E-state index in [0.29, 0.717) is 16.5 Å². The maximum atomic E-state index is 11.3. The monoisotopic (exact) mass is 384 g/mol. The first kappa shape index (κ1) is 19.0. The predicted octanol–water partition coefficient (Wildman–Crippen LogP) is 5.51. The second-order valence-corrected chi connectivity index (χ2v) is 8.71. The van der Waals surface area contributed by atoms with Crippen LogP contribution in [0.25, 0.3) is 10.8 Å². The van der Waals surface area contributed by atoms with Crippen LogP contribution in [0.2, 0.25) is 0 Å². The van der Waals surface area contributed by atoms with E-state index in [1.54, 1.807) is 6.07 Å². The first-order chi connectivity index (χ1) is 12.6. The number of benzene rings is 3. The molecule has 3 aromatic rings. The minimum absolute atomic E-state index is 0.0360. The van der Waals surface area contributed by atoms with Gasteiger partial charge in [0, 0.05) is 5.39 Å². The molecule has 27 heavy (non-hydrogen) atoms. The van der Waals surface area contributed by atoms with Gasteiger partial charge in [0.05, 0.1) is 10.6 Å². The van der Waals surface area contributed by atoms with Gasteiger partial charge in [0.2, 0.25) is 0 Å². The number of hydrogen-bond acceptors (Lipinski definition) is 5. The molecule has 7 heteroatoms. The van der Waals surface area contributed by atoms with Crippen LogP contribution in [-0.4, -0.2) is 18.1 Å². The van der Waals surface area contributed by atoms with Crippen LogP contribution in [0.4, 0.5) is 11.4 Å². The topological polar surface area (TPSA) is 99.3 Å². The summed E-state index contributed by atoms with van der Waals surface area (Å²) in [5.41, 5.74) is 2.07. The Kier molecular flexibility index (Phi) is 4.75. The molecular weight excluding hydrogens is 364 g/mol. The van der Waals surface area contributed by atoms with Gasteiger partial charge in [-0.05, 0) is 46.7 Å². The minimum Gasteiger partial charge on any atom is -0.506 e. The lowest BCUT2D eigenvalue weighted by Gasteiger charge is -2.18. The summed E-state index contributed by atoms with van der Waals surface area (Å²) in [5, 5.41) is 19.5. The zero-order valence-corrected chi connectivity index (χ0v) is 16.0. The molecule has 0 saturated heterocycles. The average Bonchev–Trinajstić information content (AvgIpc) is 2.59. The highest BCUT2D eigenvalue weighted by molar-refractivity contribution is 7.85. The zero-order valence-electron chi connectivity index (χ0n) is 15.2. The van der Waals surface area contributed by atoms with Gasteiger partial charge in [0.25, 0.3) is 10.1 Å². The fourth-order valence-electron chi connectivity index (χ4n) is 2.68. The molecular formula is C20H20N2O4S. The fourth-order valence-corrected chi connectivity index (χ4v) is 3.20. The van der Waals surface area contributed by atoms with E-state index in [1.165, 1.54) is 29.8 Å². The standard InChI is InChI=1S/C20H20N2O4S/c1-20(2,3)14-5-7-15(8-6-14)21-22-19-17-10-9-16(27(24,25)26)12-13(17)4-11-18(19)23/h4-12,23H,1-3H3,(H,24,25,26). The molecule has 0 aliphatic carbocycles. The summed E-state index contributed by atoms with van der Waals surface area (Å²) in [5.74, 6) is -0.0721. The van der Waals surface area contributed by atoms with Crippen LogP contribution in [0.5, 0.6) is 5.75 Å². The summed E-state index contributed by atoms with van der Waals surface area (Å²) in [4.78, 5) is -0.221. The highest BCUT2D eigenvalue weighted by Gasteiger charge is 2.14. The number of nitrogens with zero attached hydrogens (tertiary/aromatic N) is 2. The van der Waals surface area contributed by atoms with Crippen molar-refractivity contribution >= 4 is 32.3 Å². The Morgan fingerprint density at radius 3 is 2.15 bits per heavy atom. The summed E-state index contributed by atoms with van der Waals surface area (Å²) < 4.78 is 31.8. The van der Waals surface area contributed by atoms with Crippen molar-refractivity contribution in [1.82, 2.24) is 0 Å². The van der Waals surface area contributed by atoms with Crippen molar-refractivity contribution in [1.29, 1.82) is 0 Å². The SMILES string of the molecule is CC(C)(C)c1ccc(N=Nc2c(O)ccc3cc(S(=O)(=O)O)ccc23)cc1. The Morgan fingerprint density at radius 2 is 1.56 bits per heavy atom. The molecule has 0 atom stereocenters. The molecule has 0 amide bonds. The molecule has 3 aromatic carbocycles. The predicted molar refractivity (Wildman–Crippen MR) is 105 cm³/mol. The third-order valence-electron chi connectivity index (χ3n) is 4.24. The van der Waals surface area contributed by atoms with E-state index in [9.17, 15) is 18.1 Å². The van der Waals surface area contributed by atoms with E-state index >= 15 is 0 Å². The summed E-state index contributed by atoms with van der Waals surface area (Å²) in [7, 11) is -4.31. The van der Waals surface area contributed by atoms with Crippen LogP contribution in [0, 0.1) is 0 Å². The summed E-state index contributed by atoms with van der Waals surface area (Å²) in [6.45, 7) is 6.37. The smallest absolute Gasteiger partial charge is 0.294 e. The second kappa shape index (κ2) is 6.75. The van der Waals surface area contributed by atoms with E-state index in [0.717, 1.165) is 0 Å². The van der Waals surface area contributed by atoms with Crippen molar-refractivity contribution in [3.05, 3.63) is 60.2 Å². The molecule has 0 aliphatic rings. The third-order valence-corrected chi connectivity index (χ3v) is 5.09. The van der Waals surface area contributed by atoms with Crippen LogP contribution in [0.15, 0.2) is 69.7 Å².